The molecule has 0 amide bonds. The number of rotatable bonds is 2. The zero-order valence-electron chi connectivity index (χ0n) is 11.4. The third-order valence-corrected chi connectivity index (χ3v) is 6.22. The molecule has 0 aromatic rings. The van der Waals surface area contributed by atoms with Gasteiger partial charge in [0.05, 0.1) is 5.25 Å². The van der Waals surface area contributed by atoms with E-state index in [-0.39, 0.29) is 11.3 Å². The summed E-state index contributed by atoms with van der Waals surface area (Å²) >= 11 is 0. The lowest BCUT2D eigenvalue weighted by atomic mass is 9.71. The van der Waals surface area contributed by atoms with Crippen molar-refractivity contribution < 1.29 is 13.0 Å². The lowest BCUT2D eigenvalue weighted by Crippen LogP contribution is -2.41. The van der Waals surface area contributed by atoms with Crippen molar-refractivity contribution in [1.82, 2.24) is 4.90 Å². The van der Waals surface area contributed by atoms with Crippen molar-refractivity contribution in [3.05, 3.63) is 12.3 Å². The molecule has 0 bridgehead atoms. The van der Waals surface area contributed by atoms with Gasteiger partial charge in [-0.3, -0.25) is 4.55 Å². The van der Waals surface area contributed by atoms with Gasteiger partial charge in [0.2, 0.25) is 0 Å². The molecule has 2 aliphatic rings. The Morgan fingerprint density at radius 1 is 1.44 bits per heavy atom. The van der Waals surface area contributed by atoms with Crippen molar-refractivity contribution in [3.8, 4) is 0 Å². The molecule has 0 aromatic carbocycles. The second-order valence-corrected chi connectivity index (χ2v) is 7.77. The maximum Gasteiger partial charge on any atom is 0.267 e. The van der Waals surface area contributed by atoms with Crippen LogP contribution < -0.4 is 0 Å². The fourth-order valence-corrected chi connectivity index (χ4v) is 4.63. The van der Waals surface area contributed by atoms with E-state index in [2.05, 4.69) is 32.3 Å². The van der Waals surface area contributed by atoms with Gasteiger partial charge in [0, 0.05) is 23.7 Å². The summed E-state index contributed by atoms with van der Waals surface area (Å²) in [5, 5.41) is -0.595. The highest BCUT2D eigenvalue weighted by Gasteiger charge is 2.52. The molecular formula is C13H23NO3S. The average molecular weight is 273 g/mol. The Morgan fingerprint density at radius 2 is 2.06 bits per heavy atom. The maximum absolute atomic E-state index is 11.3. The van der Waals surface area contributed by atoms with Gasteiger partial charge in [0.15, 0.2) is 0 Å². The van der Waals surface area contributed by atoms with Crippen molar-refractivity contribution >= 4 is 10.1 Å². The monoisotopic (exact) mass is 273 g/mol. The second kappa shape index (κ2) is 4.23. The second-order valence-electron chi connectivity index (χ2n) is 6.08. The molecule has 0 spiro atoms. The van der Waals surface area contributed by atoms with E-state index in [4.69, 9.17) is 0 Å². The minimum atomic E-state index is -3.90. The summed E-state index contributed by atoms with van der Waals surface area (Å²) < 4.78 is 31.9. The molecule has 3 atom stereocenters. The predicted molar refractivity (Wildman–Crippen MR) is 71.8 cm³/mol. The van der Waals surface area contributed by atoms with Crippen LogP contribution in [-0.4, -0.2) is 35.7 Å². The Hall–Kier alpha value is -0.550. The molecule has 1 aliphatic carbocycles. The van der Waals surface area contributed by atoms with Crippen LogP contribution in [0.3, 0.4) is 0 Å². The first-order valence-corrected chi connectivity index (χ1v) is 8.12. The average Bonchev–Trinajstić information content (AvgIpc) is 2.46. The zero-order chi connectivity index (χ0) is 13.7. The van der Waals surface area contributed by atoms with E-state index in [1.807, 2.05) is 0 Å². The van der Waals surface area contributed by atoms with Crippen molar-refractivity contribution in [3.63, 3.8) is 0 Å². The highest BCUT2D eigenvalue weighted by Crippen LogP contribution is 2.53. The molecule has 1 saturated heterocycles. The van der Waals surface area contributed by atoms with Crippen LogP contribution in [-0.2, 0) is 10.1 Å². The number of likely N-dealkylation sites (tertiary alicyclic amines) is 1. The van der Waals surface area contributed by atoms with Gasteiger partial charge >= 0.3 is 0 Å². The standard InChI is InChI=1S/C13H23NO3S/c1-5-14-9(2)13(3,4)11-8-10(18(15,16)17)6-7-12(11)14/h10-12H,2,5-8H2,1,3-4H3,(H,15,16,17). The fraction of sp³-hybridized carbons (Fsp3) is 0.846. The molecule has 1 heterocycles. The van der Waals surface area contributed by atoms with Crippen LogP contribution in [0.5, 0.6) is 0 Å². The van der Waals surface area contributed by atoms with Crippen LogP contribution in [0.2, 0.25) is 0 Å². The molecule has 2 rings (SSSR count). The first-order valence-electron chi connectivity index (χ1n) is 6.62. The maximum atomic E-state index is 11.3. The Morgan fingerprint density at radius 3 is 2.56 bits per heavy atom. The summed E-state index contributed by atoms with van der Waals surface area (Å²) in [7, 11) is -3.90. The molecule has 104 valence electrons. The number of hydrogen-bond donors (Lipinski definition) is 1. The molecule has 1 N–H and O–H groups in total. The highest BCUT2D eigenvalue weighted by molar-refractivity contribution is 7.86. The molecule has 1 saturated carbocycles. The Bertz CT molecular complexity index is 455. The highest BCUT2D eigenvalue weighted by atomic mass is 32.2. The smallest absolute Gasteiger partial charge is 0.267 e. The molecule has 2 fully saturated rings. The van der Waals surface area contributed by atoms with E-state index in [1.54, 1.807) is 0 Å². The summed E-state index contributed by atoms with van der Waals surface area (Å²) in [6, 6.07) is 0.385. The summed E-state index contributed by atoms with van der Waals surface area (Å²) in [6.07, 6.45) is 1.93. The number of allylic oxidation sites excluding steroid dienone is 1. The van der Waals surface area contributed by atoms with Crippen LogP contribution in [0.4, 0.5) is 0 Å². The quantitative estimate of drug-likeness (QED) is 0.784. The number of nitrogens with zero attached hydrogens (tertiary/aromatic N) is 1. The van der Waals surface area contributed by atoms with Crippen LogP contribution in [0.25, 0.3) is 0 Å². The van der Waals surface area contributed by atoms with Gasteiger partial charge in [-0.2, -0.15) is 8.42 Å². The molecule has 1 aliphatic heterocycles. The van der Waals surface area contributed by atoms with Gasteiger partial charge in [-0.05, 0) is 32.1 Å². The number of hydrogen-bond acceptors (Lipinski definition) is 3. The summed E-state index contributed by atoms with van der Waals surface area (Å²) in [4.78, 5) is 2.31. The van der Waals surface area contributed by atoms with Crippen molar-refractivity contribution in [2.75, 3.05) is 6.54 Å². The Labute approximate surface area is 110 Å². The van der Waals surface area contributed by atoms with E-state index in [0.717, 1.165) is 18.7 Å². The van der Waals surface area contributed by atoms with Crippen LogP contribution >= 0.6 is 0 Å². The zero-order valence-corrected chi connectivity index (χ0v) is 12.2. The van der Waals surface area contributed by atoms with Gasteiger partial charge in [0.1, 0.15) is 0 Å². The molecule has 0 radical (unpaired) electrons. The summed E-state index contributed by atoms with van der Waals surface area (Å²) in [6.45, 7) is 11.5. The molecule has 4 nitrogen and oxygen atoms in total. The summed E-state index contributed by atoms with van der Waals surface area (Å²) in [5.41, 5.74) is 1.03. The van der Waals surface area contributed by atoms with E-state index in [0.29, 0.717) is 18.9 Å². The molecule has 3 unspecified atom stereocenters. The third-order valence-electron chi connectivity index (χ3n) is 4.95. The lowest BCUT2D eigenvalue weighted by molar-refractivity contribution is 0.172. The number of fused-ring (bicyclic) bond motifs is 1. The van der Waals surface area contributed by atoms with Crippen LogP contribution in [0, 0.1) is 11.3 Å². The van der Waals surface area contributed by atoms with Gasteiger partial charge < -0.3 is 4.90 Å². The molecular weight excluding hydrogens is 250 g/mol. The minimum Gasteiger partial charge on any atom is -0.372 e. The fourth-order valence-electron chi connectivity index (χ4n) is 3.74. The Kier molecular flexibility index (Phi) is 3.26. The summed E-state index contributed by atoms with van der Waals surface area (Å²) in [5.74, 6) is 0.269. The third kappa shape index (κ3) is 1.97. The normalized spacial score (nSPS) is 35.7. The van der Waals surface area contributed by atoms with E-state index in [9.17, 15) is 13.0 Å². The van der Waals surface area contributed by atoms with Crippen molar-refractivity contribution in [1.29, 1.82) is 0 Å². The first-order chi connectivity index (χ1) is 8.19. The topological polar surface area (TPSA) is 57.6 Å². The molecule has 18 heavy (non-hydrogen) atoms. The van der Waals surface area contributed by atoms with E-state index in [1.165, 1.54) is 0 Å². The SMILES string of the molecule is C=C1N(CC)C2CCC(S(=O)(=O)O)CC2C1(C)C. The molecule has 0 aromatic heterocycles. The van der Waals surface area contributed by atoms with Gasteiger partial charge in [0.25, 0.3) is 10.1 Å². The van der Waals surface area contributed by atoms with E-state index < -0.39 is 15.4 Å². The van der Waals surface area contributed by atoms with Gasteiger partial charge in [-0.1, -0.05) is 20.4 Å². The lowest BCUT2D eigenvalue weighted by Gasteiger charge is -2.37. The minimum absolute atomic E-state index is 0.0793. The predicted octanol–water partition coefficient (Wildman–Crippen LogP) is 2.29. The molecule has 5 heteroatoms. The first kappa shape index (κ1) is 13.9. The van der Waals surface area contributed by atoms with Crippen molar-refractivity contribution in [2.24, 2.45) is 11.3 Å². The van der Waals surface area contributed by atoms with Crippen LogP contribution in [0.15, 0.2) is 12.3 Å². The van der Waals surface area contributed by atoms with Gasteiger partial charge in [-0.25, -0.2) is 0 Å². The van der Waals surface area contributed by atoms with Crippen molar-refractivity contribution in [2.45, 2.75) is 51.3 Å². The Balaban J connectivity index is 2.29. The van der Waals surface area contributed by atoms with Crippen LogP contribution in [0.1, 0.15) is 40.0 Å². The van der Waals surface area contributed by atoms with E-state index >= 15 is 0 Å². The largest absolute Gasteiger partial charge is 0.372 e. The van der Waals surface area contributed by atoms with Gasteiger partial charge in [-0.15, -0.1) is 0 Å².